The summed E-state index contributed by atoms with van der Waals surface area (Å²) in [5, 5.41) is 24.5. The van der Waals surface area contributed by atoms with Crippen molar-refractivity contribution in [1.82, 2.24) is 10.6 Å². The van der Waals surface area contributed by atoms with Crippen LogP contribution in [0.5, 0.6) is 5.75 Å². The van der Waals surface area contributed by atoms with Crippen LogP contribution in [0, 0.1) is 22.7 Å². The Morgan fingerprint density at radius 3 is 2.94 bits per heavy atom. The van der Waals surface area contributed by atoms with Crippen LogP contribution in [0.2, 0.25) is 5.02 Å². The molecular formula is C23H23ClN4O3Si. The standard InChI is InChI=1S/C23H23ClN4O3Si/c24-19-8-18-17-3-2-14(10-25)6-16(17)12-31-20(18)7-15(19)9-23(32,13-26)28-22(29)21-11-27-4-1-5-30-21/h2-3,6-8,21,27H,1,4-5,9,11-12H2,32H3,(H,28,29)/t21-,23-/m0/s1. The molecule has 0 spiro atoms. The van der Waals surface area contributed by atoms with E-state index in [1.165, 1.54) is 0 Å². The number of amides is 1. The first kappa shape index (κ1) is 22.3. The molecule has 2 heterocycles. The Morgan fingerprint density at radius 2 is 2.16 bits per heavy atom. The van der Waals surface area contributed by atoms with Crippen LogP contribution in [0.1, 0.15) is 23.1 Å². The van der Waals surface area contributed by atoms with Crippen LogP contribution in [0.25, 0.3) is 11.1 Å². The summed E-state index contributed by atoms with van der Waals surface area (Å²) in [4.78, 5) is 12.7. The molecule has 0 aromatic heterocycles. The normalized spacial score (nSPS) is 19.2. The fraction of sp³-hybridized carbons (Fsp3) is 0.348. The number of hydrogen-bond acceptors (Lipinski definition) is 6. The number of benzene rings is 2. The summed E-state index contributed by atoms with van der Waals surface area (Å²) in [6, 6.07) is 13.6. The molecule has 164 valence electrons. The van der Waals surface area contributed by atoms with Gasteiger partial charge >= 0.3 is 0 Å². The van der Waals surface area contributed by atoms with Gasteiger partial charge in [0, 0.05) is 30.2 Å². The number of nitrogens with zero attached hydrogens (tertiary/aromatic N) is 2. The van der Waals surface area contributed by atoms with Crippen molar-refractivity contribution in [2.45, 2.75) is 30.7 Å². The zero-order valence-electron chi connectivity index (χ0n) is 17.7. The van der Waals surface area contributed by atoms with Gasteiger partial charge < -0.3 is 20.1 Å². The maximum Gasteiger partial charge on any atom is 0.251 e. The van der Waals surface area contributed by atoms with Crippen molar-refractivity contribution in [1.29, 1.82) is 10.5 Å². The van der Waals surface area contributed by atoms with Gasteiger partial charge in [-0.25, -0.2) is 0 Å². The molecule has 2 aliphatic heterocycles. The number of ether oxygens (including phenoxy) is 2. The zero-order chi connectivity index (χ0) is 22.7. The maximum atomic E-state index is 12.7. The predicted molar refractivity (Wildman–Crippen MR) is 123 cm³/mol. The highest BCUT2D eigenvalue weighted by Crippen LogP contribution is 2.41. The van der Waals surface area contributed by atoms with Crippen molar-refractivity contribution in [3.8, 4) is 29.0 Å². The second kappa shape index (κ2) is 9.31. The lowest BCUT2D eigenvalue weighted by molar-refractivity contribution is -0.132. The smallest absolute Gasteiger partial charge is 0.251 e. The van der Waals surface area contributed by atoms with Gasteiger partial charge in [-0.1, -0.05) is 17.7 Å². The van der Waals surface area contributed by atoms with Crippen LogP contribution in [-0.4, -0.2) is 47.1 Å². The molecule has 7 nitrogen and oxygen atoms in total. The average Bonchev–Trinajstić information content (AvgIpc) is 3.09. The number of fused-ring (bicyclic) bond motifs is 3. The van der Waals surface area contributed by atoms with E-state index in [0.717, 1.165) is 35.2 Å². The molecule has 0 radical (unpaired) electrons. The Hall–Kier alpha value is -2.88. The fourth-order valence-electron chi connectivity index (χ4n) is 3.99. The Labute approximate surface area is 194 Å². The van der Waals surface area contributed by atoms with Crippen LogP contribution in [0.3, 0.4) is 0 Å². The van der Waals surface area contributed by atoms with E-state index in [2.05, 4.69) is 22.8 Å². The van der Waals surface area contributed by atoms with Crippen LogP contribution in [0.15, 0.2) is 30.3 Å². The molecular weight excluding hydrogens is 444 g/mol. The third-order valence-corrected chi connectivity index (χ3v) is 6.86. The molecule has 1 saturated heterocycles. The van der Waals surface area contributed by atoms with Gasteiger partial charge in [0.1, 0.15) is 23.6 Å². The minimum absolute atomic E-state index is 0.275. The highest BCUT2D eigenvalue weighted by Gasteiger charge is 2.32. The minimum atomic E-state index is -1.03. The number of halogens is 1. The van der Waals surface area contributed by atoms with Gasteiger partial charge in [-0.05, 0) is 53.9 Å². The number of nitrogens with one attached hydrogen (secondary N) is 2. The lowest BCUT2D eigenvalue weighted by Crippen LogP contribution is -2.54. The third kappa shape index (κ3) is 4.64. The lowest BCUT2D eigenvalue weighted by atomic mass is 9.93. The zero-order valence-corrected chi connectivity index (χ0v) is 20.5. The Balaban J connectivity index is 1.56. The molecule has 2 N–H and O–H groups in total. The first-order valence-corrected chi connectivity index (χ1v) is 11.8. The molecule has 1 amide bonds. The molecule has 2 aromatic carbocycles. The van der Waals surface area contributed by atoms with E-state index in [1.54, 1.807) is 6.07 Å². The van der Waals surface area contributed by atoms with Crippen molar-refractivity contribution in [3.05, 3.63) is 52.0 Å². The number of hydrogen-bond donors (Lipinski definition) is 2. The topological polar surface area (TPSA) is 107 Å². The van der Waals surface area contributed by atoms with Crippen LogP contribution in [-0.2, 0) is 22.6 Å². The summed E-state index contributed by atoms with van der Waals surface area (Å²) in [6.45, 7) is 2.10. The van der Waals surface area contributed by atoms with E-state index in [4.69, 9.17) is 26.3 Å². The molecule has 4 rings (SSSR count). The average molecular weight is 467 g/mol. The van der Waals surface area contributed by atoms with Crippen LogP contribution >= 0.6 is 11.6 Å². The lowest BCUT2D eigenvalue weighted by Gasteiger charge is -2.28. The number of nitriles is 2. The number of carbonyl (C=O) groups excluding carboxylic acids is 1. The van der Waals surface area contributed by atoms with E-state index < -0.39 is 11.3 Å². The van der Waals surface area contributed by atoms with Gasteiger partial charge in [0.15, 0.2) is 0 Å². The molecule has 0 saturated carbocycles. The summed E-state index contributed by atoms with van der Waals surface area (Å²) >= 11 is 6.61. The van der Waals surface area contributed by atoms with Crippen LogP contribution < -0.4 is 15.4 Å². The van der Waals surface area contributed by atoms with E-state index in [0.29, 0.717) is 46.3 Å². The minimum Gasteiger partial charge on any atom is -0.488 e. The van der Waals surface area contributed by atoms with Gasteiger partial charge in [0.25, 0.3) is 5.91 Å². The van der Waals surface area contributed by atoms with E-state index >= 15 is 0 Å². The van der Waals surface area contributed by atoms with E-state index in [9.17, 15) is 10.1 Å². The molecule has 0 aliphatic carbocycles. The Kier molecular flexibility index (Phi) is 6.49. The van der Waals surface area contributed by atoms with Gasteiger partial charge in [0.2, 0.25) is 0 Å². The van der Waals surface area contributed by atoms with Crippen molar-refractivity contribution in [3.63, 3.8) is 0 Å². The van der Waals surface area contributed by atoms with Gasteiger partial charge in [-0.2, -0.15) is 10.5 Å². The van der Waals surface area contributed by atoms with Gasteiger partial charge in [-0.15, -0.1) is 0 Å². The third-order valence-electron chi connectivity index (χ3n) is 5.69. The second-order valence-electron chi connectivity index (χ2n) is 8.24. The summed E-state index contributed by atoms with van der Waals surface area (Å²) < 4.78 is 11.5. The first-order chi connectivity index (χ1) is 15.4. The van der Waals surface area contributed by atoms with Crippen molar-refractivity contribution in [2.75, 3.05) is 19.7 Å². The SMILES string of the molecule is N#Cc1ccc2c(c1)COc1cc(C[C@]([SiH3])(C#N)NC(=O)[C@@H]3CNCCCO3)c(Cl)cc1-2. The summed E-state index contributed by atoms with van der Waals surface area (Å²) in [6.07, 6.45) is 0.508. The molecule has 2 atom stereocenters. The molecule has 9 heteroatoms. The Morgan fingerprint density at radius 1 is 1.31 bits per heavy atom. The first-order valence-electron chi connectivity index (χ1n) is 10.5. The van der Waals surface area contributed by atoms with Crippen LogP contribution in [0.4, 0.5) is 0 Å². The molecule has 32 heavy (non-hydrogen) atoms. The Bertz CT molecular complexity index is 1140. The quantitative estimate of drug-likeness (QED) is 0.659. The fourth-order valence-corrected chi connectivity index (χ4v) is 4.85. The second-order valence-corrected chi connectivity index (χ2v) is 10.4. The molecule has 1 fully saturated rings. The summed E-state index contributed by atoms with van der Waals surface area (Å²) in [5.74, 6) is 0.384. The van der Waals surface area contributed by atoms with Gasteiger partial charge in [-0.3, -0.25) is 4.79 Å². The van der Waals surface area contributed by atoms with E-state index in [-0.39, 0.29) is 12.3 Å². The molecule has 2 aromatic rings. The largest absolute Gasteiger partial charge is 0.488 e. The number of rotatable bonds is 4. The summed E-state index contributed by atoms with van der Waals surface area (Å²) in [7, 11) is 0.405. The van der Waals surface area contributed by atoms with Crippen molar-refractivity contribution in [2.24, 2.45) is 0 Å². The number of carbonyl (C=O) groups is 1. The van der Waals surface area contributed by atoms with E-state index in [1.807, 2.05) is 24.3 Å². The maximum absolute atomic E-state index is 12.7. The highest BCUT2D eigenvalue weighted by atomic mass is 35.5. The molecule has 0 unspecified atom stereocenters. The highest BCUT2D eigenvalue weighted by molar-refractivity contribution is 6.32. The molecule has 2 aliphatic rings. The molecule has 0 bridgehead atoms. The van der Waals surface area contributed by atoms with Crippen molar-refractivity contribution < 1.29 is 14.3 Å². The van der Waals surface area contributed by atoms with Gasteiger partial charge in [0.05, 0.1) is 27.9 Å². The predicted octanol–water partition coefficient (Wildman–Crippen LogP) is 1.39. The van der Waals surface area contributed by atoms with Crippen molar-refractivity contribution >= 4 is 27.8 Å². The monoisotopic (exact) mass is 466 g/mol. The summed E-state index contributed by atoms with van der Waals surface area (Å²) in [5.41, 5.74) is 4.07.